The lowest BCUT2D eigenvalue weighted by molar-refractivity contribution is -0.136. The van der Waals surface area contributed by atoms with E-state index in [-0.39, 0.29) is 6.42 Å². The number of carboxylic acids is 1. The number of carbonyl (C=O) groups is 1. The van der Waals surface area contributed by atoms with Gasteiger partial charge in [-0.15, -0.1) is 0 Å². The number of carboxylic acid groups (broad SMARTS) is 1. The SMILES string of the molecule is O=C(O)CCC=CCCc1ccccc1-c1ccccc1. The van der Waals surface area contributed by atoms with Crippen LogP contribution in [0.25, 0.3) is 11.1 Å². The van der Waals surface area contributed by atoms with E-state index in [4.69, 9.17) is 5.11 Å². The quantitative estimate of drug-likeness (QED) is 0.746. The predicted molar refractivity (Wildman–Crippen MR) is 86.2 cm³/mol. The first-order valence-electron chi connectivity index (χ1n) is 7.27. The molecule has 0 atom stereocenters. The van der Waals surface area contributed by atoms with Crippen LogP contribution in [0, 0.1) is 0 Å². The van der Waals surface area contributed by atoms with Crippen molar-refractivity contribution >= 4 is 5.97 Å². The lowest BCUT2D eigenvalue weighted by Crippen LogP contribution is -1.92. The number of benzene rings is 2. The second kappa shape index (κ2) is 8.05. The van der Waals surface area contributed by atoms with Crippen LogP contribution in [0.5, 0.6) is 0 Å². The maximum atomic E-state index is 10.4. The summed E-state index contributed by atoms with van der Waals surface area (Å²) < 4.78 is 0. The van der Waals surface area contributed by atoms with Gasteiger partial charge >= 0.3 is 5.97 Å². The van der Waals surface area contributed by atoms with Crippen molar-refractivity contribution in [2.75, 3.05) is 0 Å². The van der Waals surface area contributed by atoms with Gasteiger partial charge in [0.2, 0.25) is 0 Å². The molecule has 2 aromatic carbocycles. The molecule has 0 saturated heterocycles. The number of allylic oxidation sites excluding steroid dienone is 2. The maximum Gasteiger partial charge on any atom is 0.303 e. The molecular weight excluding hydrogens is 260 g/mol. The highest BCUT2D eigenvalue weighted by atomic mass is 16.4. The highest BCUT2D eigenvalue weighted by Gasteiger charge is 2.02. The summed E-state index contributed by atoms with van der Waals surface area (Å²) in [5.41, 5.74) is 3.84. The molecule has 0 saturated carbocycles. The average Bonchev–Trinajstić information content (AvgIpc) is 2.52. The van der Waals surface area contributed by atoms with Gasteiger partial charge in [0.1, 0.15) is 0 Å². The summed E-state index contributed by atoms with van der Waals surface area (Å²) in [6.45, 7) is 0. The summed E-state index contributed by atoms with van der Waals surface area (Å²) in [5.74, 6) is -0.742. The molecule has 0 heterocycles. The zero-order valence-corrected chi connectivity index (χ0v) is 12.0. The van der Waals surface area contributed by atoms with Crippen LogP contribution in [0.4, 0.5) is 0 Å². The summed E-state index contributed by atoms with van der Waals surface area (Å²) in [7, 11) is 0. The first-order chi connectivity index (χ1) is 10.3. The maximum absolute atomic E-state index is 10.4. The van der Waals surface area contributed by atoms with Gasteiger partial charge in [0.05, 0.1) is 0 Å². The van der Waals surface area contributed by atoms with Gasteiger partial charge in [0, 0.05) is 6.42 Å². The Bertz CT molecular complexity index is 600. The van der Waals surface area contributed by atoms with E-state index in [9.17, 15) is 4.79 Å². The summed E-state index contributed by atoms with van der Waals surface area (Å²) in [6, 6.07) is 18.8. The van der Waals surface area contributed by atoms with Crippen molar-refractivity contribution < 1.29 is 9.90 Å². The van der Waals surface area contributed by atoms with E-state index in [0.29, 0.717) is 6.42 Å². The highest BCUT2D eigenvalue weighted by Crippen LogP contribution is 2.24. The van der Waals surface area contributed by atoms with Crippen molar-refractivity contribution in [3.8, 4) is 11.1 Å². The third kappa shape index (κ3) is 4.92. The largest absolute Gasteiger partial charge is 0.481 e. The first kappa shape index (κ1) is 15.0. The Morgan fingerprint density at radius 1 is 0.905 bits per heavy atom. The fraction of sp³-hybridized carbons (Fsp3) is 0.211. The molecule has 21 heavy (non-hydrogen) atoms. The van der Waals surface area contributed by atoms with E-state index in [1.54, 1.807) is 0 Å². The van der Waals surface area contributed by atoms with Crippen LogP contribution < -0.4 is 0 Å². The van der Waals surface area contributed by atoms with E-state index < -0.39 is 5.97 Å². The van der Waals surface area contributed by atoms with Gasteiger partial charge in [0.15, 0.2) is 0 Å². The van der Waals surface area contributed by atoms with Crippen LogP contribution in [-0.4, -0.2) is 11.1 Å². The van der Waals surface area contributed by atoms with E-state index >= 15 is 0 Å². The molecule has 2 nitrogen and oxygen atoms in total. The summed E-state index contributed by atoms with van der Waals surface area (Å²) in [5, 5.41) is 8.58. The third-order valence-electron chi connectivity index (χ3n) is 3.37. The van der Waals surface area contributed by atoms with Crippen LogP contribution in [0.15, 0.2) is 66.7 Å². The second-order valence-corrected chi connectivity index (χ2v) is 4.97. The van der Waals surface area contributed by atoms with Crippen molar-refractivity contribution in [3.05, 3.63) is 72.3 Å². The number of aliphatic carboxylic acids is 1. The lowest BCUT2D eigenvalue weighted by atomic mass is 9.97. The van der Waals surface area contributed by atoms with E-state index in [1.807, 2.05) is 12.1 Å². The Morgan fingerprint density at radius 2 is 1.57 bits per heavy atom. The van der Waals surface area contributed by atoms with Crippen molar-refractivity contribution in [1.82, 2.24) is 0 Å². The number of aryl methyl sites for hydroxylation is 1. The fourth-order valence-corrected chi connectivity index (χ4v) is 2.32. The minimum Gasteiger partial charge on any atom is -0.481 e. The van der Waals surface area contributed by atoms with Crippen LogP contribution in [0.1, 0.15) is 24.8 Å². The molecule has 0 unspecified atom stereocenters. The Morgan fingerprint density at radius 3 is 2.33 bits per heavy atom. The molecule has 0 aliphatic carbocycles. The molecule has 0 fully saturated rings. The van der Waals surface area contributed by atoms with Gasteiger partial charge in [-0.1, -0.05) is 66.7 Å². The Hall–Kier alpha value is -2.35. The molecule has 0 bridgehead atoms. The van der Waals surface area contributed by atoms with Gasteiger partial charge in [-0.25, -0.2) is 0 Å². The van der Waals surface area contributed by atoms with E-state index in [2.05, 4.69) is 54.6 Å². The minimum atomic E-state index is -0.742. The van der Waals surface area contributed by atoms with Gasteiger partial charge < -0.3 is 5.11 Å². The summed E-state index contributed by atoms with van der Waals surface area (Å²) >= 11 is 0. The molecule has 0 aliphatic rings. The van der Waals surface area contributed by atoms with Crippen molar-refractivity contribution in [1.29, 1.82) is 0 Å². The smallest absolute Gasteiger partial charge is 0.303 e. The number of hydrogen-bond donors (Lipinski definition) is 1. The molecule has 0 aromatic heterocycles. The van der Waals surface area contributed by atoms with Crippen LogP contribution in [-0.2, 0) is 11.2 Å². The molecule has 0 radical (unpaired) electrons. The third-order valence-corrected chi connectivity index (χ3v) is 3.37. The molecule has 1 N–H and O–H groups in total. The van der Waals surface area contributed by atoms with Crippen LogP contribution in [0.2, 0.25) is 0 Å². The van der Waals surface area contributed by atoms with E-state index in [1.165, 1.54) is 16.7 Å². The van der Waals surface area contributed by atoms with Crippen LogP contribution >= 0.6 is 0 Å². The van der Waals surface area contributed by atoms with Gasteiger partial charge in [0.25, 0.3) is 0 Å². The van der Waals surface area contributed by atoms with E-state index in [0.717, 1.165) is 12.8 Å². The molecule has 0 amide bonds. The zero-order chi connectivity index (χ0) is 14.9. The Balaban J connectivity index is 1.97. The monoisotopic (exact) mass is 280 g/mol. The molecule has 2 heteroatoms. The van der Waals surface area contributed by atoms with Gasteiger partial charge in [-0.05, 0) is 36.0 Å². The predicted octanol–water partition coefficient (Wildman–Crippen LogP) is 4.71. The van der Waals surface area contributed by atoms with Crippen LogP contribution in [0.3, 0.4) is 0 Å². The highest BCUT2D eigenvalue weighted by molar-refractivity contribution is 5.67. The molecule has 2 rings (SSSR count). The molecule has 0 aliphatic heterocycles. The lowest BCUT2D eigenvalue weighted by Gasteiger charge is -2.08. The Kier molecular flexibility index (Phi) is 5.77. The minimum absolute atomic E-state index is 0.205. The number of hydrogen-bond acceptors (Lipinski definition) is 1. The number of rotatable bonds is 7. The topological polar surface area (TPSA) is 37.3 Å². The molecular formula is C19H20O2. The fourth-order valence-electron chi connectivity index (χ4n) is 2.32. The summed E-state index contributed by atoms with van der Waals surface area (Å²) in [6.07, 6.45) is 6.74. The molecule has 0 spiro atoms. The van der Waals surface area contributed by atoms with Gasteiger partial charge in [-0.2, -0.15) is 0 Å². The van der Waals surface area contributed by atoms with Crippen molar-refractivity contribution in [3.63, 3.8) is 0 Å². The second-order valence-electron chi connectivity index (χ2n) is 4.97. The average molecular weight is 280 g/mol. The molecule has 108 valence electrons. The van der Waals surface area contributed by atoms with Crippen molar-refractivity contribution in [2.24, 2.45) is 0 Å². The van der Waals surface area contributed by atoms with Crippen molar-refractivity contribution in [2.45, 2.75) is 25.7 Å². The normalized spacial score (nSPS) is 10.9. The molecule has 2 aromatic rings. The zero-order valence-electron chi connectivity index (χ0n) is 12.0. The summed E-state index contributed by atoms with van der Waals surface area (Å²) in [4.78, 5) is 10.4. The first-order valence-corrected chi connectivity index (χ1v) is 7.27. The Labute approximate surface area is 125 Å². The standard InChI is InChI=1S/C19H20O2/c20-19(21)15-7-2-1-4-10-17-13-8-9-14-18(17)16-11-5-3-6-12-16/h1-3,5-6,8-9,11-14H,4,7,10,15H2,(H,20,21). The van der Waals surface area contributed by atoms with Gasteiger partial charge in [-0.3, -0.25) is 4.79 Å².